The normalized spacial score (nSPS) is 13.8. The highest BCUT2D eigenvalue weighted by atomic mass is 35.5. The summed E-state index contributed by atoms with van der Waals surface area (Å²) in [7, 11) is -1.32. The van der Waals surface area contributed by atoms with Crippen molar-refractivity contribution in [2.24, 2.45) is 7.05 Å². The molecule has 1 unspecified atom stereocenters. The van der Waals surface area contributed by atoms with Gasteiger partial charge in [0.25, 0.3) is 0 Å². The van der Waals surface area contributed by atoms with Crippen molar-refractivity contribution in [2.75, 3.05) is 18.5 Å². The fourth-order valence-electron chi connectivity index (χ4n) is 2.49. The zero-order valence-electron chi connectivity index (χ0n) is 17.0. The lowest BCUT2D eigenvalue weighted by atomic mass is 10.2. The van der Waals surface area contributed by atoms with Crippen LogP contribution in [0.25, 0.3) is 0 Å². The number of nitrogens with zero attached hydrogens (tertiary/aromatic N) is 2. The van der Waals surface area contributed by atoms with Crippen LogP contribution in [0.1, 0.15) is 72.1 Å². The van der Waals surface area contributed by atoms with Gasteiger partial charge in [-0.3, -0.25) is 9.25 Å². The third-order valence-electron chi connectivity index (χ3n) is 3.99. The number of unbranched alkanes of at least 4 members (excludes halogenated alkanes) is 6. The number of rotatable bonds is 16. The van der Waals surface area contributed by atoms with Gasteiger partial charge in [0.05, 0.1) is 24.8 Å². The van der Waals surface area contributed by atoms with Crippen molar-refractivity contribution in [3.8, 4) is 0 Å². The van der Waals surface area contributed by atoms with Crippen molar-refractivity contribution in [3.63, 3.8) is 0 Å². The summed E-state index contributed by atoms with van der Waals surface area (Å²) in [6, 6.07) is 0. The molecule has 158 valence electrons. The molecule has 0 saturated heterocycles. The van der Waals surface area contributed by atoms with E-state index in [9.17, 15) is 4.57 Å². The van der Waals surface area contributed by atoms with Crippen molar-refractivity contribution in [2.45, 2.75) is 82.2 Å². The summed E-state index contributed by atoms with van der Waals surface area (Å²) >= 11 is 9.01. The smallest absolute Gasteiger partial charge is 0.308 e. The van der Waals surface area contributed by atoms with E-state index in [-0.39, 0.29) is 0 Å². The van der Waals surface area contributed by atoms with Crippen LogP contribution in [0.4, 0.5) is 0 Å². The third kappa shape index (κ3) is 9.60. The van der Waals surface area contributed by atoms with E-state index in [1.54, 1.807) is 16.4 Å². The van der Waals surface area contributed by atoms with E-state index in [1.165, 1.54) is 6.42 Å². The largest absolute Gasteiger partial charge is 0.342 e. The SMILES string of the molecule is CCCCCCOP(=O)(CCCCCC)OSc1nn(C)c(SCC)c1Cl. The second kappa shape index (κ2) is 14.4. The van der Waals surface area contributed by atoms with Gasteiger partial charge in [0.15, 0.2) is 5.03 Å². The molecule has 1 rings (SSSR count). The monoisotopic (exact) mass is 456 g/mol. The predicted molar refractivity (Wildman–Crippen MR) is 118 cm³/mol. The molecule has 0 radical (unpaired) electrons. The average molecular weight is 457 g/mol. The van der Waals surface area contributed by atoms with Crippen LogP contribution in [0.5, 0.6) is 0 Å². The van der Waals surface area contributed by atoms with Crippen LogP contribution >= 0.6 is 43.0 Å². The maximum Gasteiger partial charge on any atom is 0.342 e. The maximum absolute atomic E-state index is 13.2. The molecule has 0 N–H and O–H groups in total. The van der Waals surface area contributed by atoms with E-state index in [1.807, 2.05) is 7.05 Å². The van der Waals surface area contributed by atoms with Gasteiger partial charge in [0.1, 0.15) is 10.0 Å². The van der Waals surface area contributed by atoms with Crippen molar-refractivity contribution in [1.82, 2.24) is 9.78 Å². The van der Waals surface area contributed by atoms with Crippen LogP contribution in [0, 0.1) is 0 Å². The minimum Gasteiger partial charge on any atom is -0.308 e. The summed E-state index contributed by atoms with van der Waals surface area (Å²) in [5.41, 5.74) is 0. The maximum atomic E-state index is 13.2. The lowest BCUT2D eigenvalue weighted by molar-refractivity contribution is 0.265. The first kappa shape index (κ1) is 25.4. The Morgan fingerprint density at radius 1 is 1.07 bits per heavy atom. The Labute approximate surface area is 178 Å². The first-order valence-electron chi connectivity index (χ1n) is 9.92. The molecular formula is C18H34ClN2O3PS2. The summed E-state index contributed by atoms with van der Waals surface area (Å²) in [4.78, 5) is 0. The molecule has 0 fully saturated rings. The Morgan fingerprint density at radius 3 is 2.37 bits per heavy atom. The quantitative estimate of drug-likeness (QED) is 0.110. The second-order valence-corrected chi connectivity index (χ2v) is 11.1. The highest BCUT2D eigenvalue weighted by Gasteiger charge is 2.27. The third-order valence-corrected chi connectivity index (χ3v) is 8.70. The van der Waals surface area contributed by atoms with E-state index in [2.05, 4.69) is 25.9 Å². The van der Waals surface area contributed by atoms with Crippen LogP contribution in [-0.2, 0) is 20.1 Å². The van der Waals surface area contributed by atoms with E-state index >= 15 is 0 Å². The minimum atomic E-state index is -3.17. The molecule has 0 saturated carbocycles. The summed E-state index contributed by atoms with van der Waals surface area (Å²) in [6.07, 6.45) is 8.91. The standard InChI is InChI=1S/C18H34ClN2O3PS2/c1-5-8-10-12-14-23-25(22,15-13-11-9-6-2)24-27-17-16(19)18(26-7-3)21(4)20-17/h5-15H2,1-4H3. The Bertz CT molecular complexity index is 587. The Kier molecular flexibility index (Phi) is 13.5. The summed E-state index contributed by atoms with van der Waals surface area (Å²) < 4.78 is 26.3. The van der Waals surface area contributed by atoms with Gasteiger partial charge < -0.3 is 4.52 Å². The van der Waals surface area contributed by atoms with Crippen molar-refractivity contribution >= 4 is 43.0 Å². The highest BCUT2D eigenvalue weighted by molar-refractivity contribution is 7.99. The number of aryl methyl sites for hydroxylation is 1. The lowest BCUT2D eigenvalue weighted by Crippen LogP contribution is -2.00. The molecule has 0 amide bonds. The Hall–Kier alpha value is 0.350. The number of hydrogen-bond donors (Lipinski definition) is 0. The molecule has 0 spiro atoms. The number of thioether (sulfide) groups is 1. The van der Waals surface area contributed by atoms with E-state index in [4.69, 9.17) is 20.1 Å². The highest BCUT2D eigenvalue weighted by Crippen LogP contribution is 2.54. The predicted octanol–water partition coefficient (Wildman–Crippen LogP) is 7.58. The number of hydrogen-bond acceptors (Lipinski definition) is 6. The molecule has 1 heterocycles. The summed E-state index contributed by atoms with van der Waals surface area (Å²) in [5, 5.41) is 6.37. The zero-order valence-corrected chi connectivity index (χ0v) is 20.3. The molecule has 1 aromatic rings. The number of aromatic nitrogens is 2. The van der Waals surface area contributed by atoms with Crippen molar-refractivity contribution < 1.29 is 13.1 Å². The van der Waals surface area contributed by atoms with Crippen LogP contribution in [0.3, 0.4) is 0 Å². The van der Waals surface area contributed by atoms with Gasteiger partial charge in [-0.2, -0.15) is 5.10 Å². The topological polar surface area (TPSA) is 53.4 Å². The Morgan fingerprint density at radius 2 is 1.74 bits per heavy atom. The lowest BCUT2D eigenvalue weighted by Gasteiger charge is -2.17. The van der Waals surface area contributed by atoms with Gasteiger partial charge in [-0.15, -0.1) is 11.8 Å². The summed E-state index contributed by atoms with van der Waals surface area (Å²) in [5.74, 6) is 0.904. The number of halogens is 1. The molecule has 1 aromatic heterocycles. The van der Waals surface area contributed by atoms with Gasteiger partial charge in [0, 0.05) is 7.05 Å². The van der Waals surface area contributed by atoms with Gasteiger partial charge in [-0.05, 0) is 18.6 Å². The van der Waals surface area contributed by atoms with Gasteiger partial charge >= 0.3 is 7.60 Å². The van der Waals surface area contributed by atoms with Crippen LogP contribution in [0.15, 0.2) is 10.1 Å². The molecular weight excluding hydrogens is 423 g/mol. The van der Waals surface area contributed by atoms with E-state index in [0.29, 0.717) is 22.8 Å². The van der Waals surface area contributed by atoms with Crippen LogP contribution in [0.2, 0.25) is 5.02 Å². The minimum absolute atomic E-state index is 0.439. The molecule has 1 atom stereocenters. The van der Waals surface area contributed by atoms with Gasteiger partial charge in [-0.1, -0.05) is 70.9 Å². The van der Waals surface area contributed by atoms with Crippen molar-refractivity contribution in [3.05, 3.63) is 5.02 Å². The van der Waals surface area contributed by atoms with Crippen molar-refractivity contribution in [1.29, 1.82) is 0 Å². The molecule has 0 aliphatic carbocycles. The molecule has 0 aliphatic rings. The molecule has 0 bridgehead atoms. The fourth-order valence-corrected chi connectivity index (χ4v) is 6.37. The molecule has 27 heavy (non-hydrogen) atoms. The molecule has 5 nitrogen and oxygen atoms in total. The molecule has 9 heteroatoms. The molecule has 0 aromatic carbocycles. The van der Waals surface area contributed by atoms with E-state index in [0.717, 1.165) is 67.8 Å². The van der Waals surface area contributed by atoms with Crippen LogP contribution in [-0.4, -0.2) is 28.3 Å². The average Bonchev–Trinajstić information content (AvgIpc) is 2.92. The van der Waals surface area contributed by atoms with E-state index < -0.39 is 7.60 Å². The fraction of sp³-hybridized carbons (Fsp3) is 0.833. The molecule has 0 aliphatic heterocycles. The van der Waals surface area contributed by atoms with Crippen LogP contribution < -0.4 is 0 Å². The zero-order chi connectivity index (χ0) is 20.1. The first-order chi connectivity index (χ1) is 13.0. The van der Waals surface area contributed by atoms with Gasteiger partial charge in [0.2, 0.25) is 0 Å². The Balaban J connectivity index is 2.66. The first-order valence-corrected chi connectivity index (χ1v) is 13.8. The van der Waals surface area contributed by atoms with Gasteiger partial charge in [-0.25, -0.2) is 3.97 Å². The summed E-state index contributed by atoms with van der Waals surface area (Å²) in [6.45, 7) is 6.86. The second-order valence-electron chi connectivity index (χ2n) is 6.43.